The second-order valence-electron chi connectivity index (χ2n) is 9.52. The van der Waals surface area contributed by atoms with Gasteiger partial charge in [0.1, 0.15) is 11.0 Å². The molecule has 0 N–H and O–H groups in total. The number of ketones is 1. The van der Waals surface area contributed by atoms with Crippen LogP contribution in [-0.4, -0.2) is 29.2 Å². The van der Waals surface area contributed by atoms with E-state index in [1.54, 1.807) is 42.7 Å². The van der Waals surface area contributed by atoms with E-state index in [0.717, 1.165) is 5.56 Å². The summed E-state index contributed by atoms with van der Waals surface area (Å²) < 4.78 is 32.1. The fraction of sp³-hybridized carbons (Fsp3) is 0.296. The van der Waals surface area contributed by atoms with Gasteiger partial charge in [0, 0.05) is 34.9 Å². The summed E-state index contributed by atoms with van der Waals surface area (Å²) >= 11 is 0. The second kappa shape index (κ2) is 8.64. The Balaban J connectivity index is 1.72. The minimum Gasteiger partial charge on any atom is -0.358 e. The highest BCUT2D eigenvalue weighted by Gasteiger charge is 2.50. The van der Waals surface area contributed by atoms with Crippen molar-refractivity contribution in [2.75, 3.05) is 0 Å². The lowest BCUT2D eigenvalue weighted by Gasteiger charge is -2.45. The van der Waals surface area contributed by atoms with Crippen molar-refractivity contribution in [1.82, 2.24) is 15.0 Å². The lowest BCUT2D eigenvalue weighted by molar-refractivity contribution is -0.121. The van der Waals surface area contributed by atoms with Gasteiger partial charge in [-0.25, -0.2) is 4.98 Å². The first-order valence-corrected chi connectivity index (χ1v) is 13.0. The number of pyridine rings is 1. The number of aryl methyl sites for hydroxylation is 1. The molecule has 0 saturated heterocycles. The standard InChI is InChI=1S/C27H24N4O4S/c1-16-4-6-20(7-5-16)36(33,34)35-26-21-8-9-22-17(2)23(32)19(15-28)14-27(22,3)24(21)30-25(31-26)18-10-12-29-13-11-18/h4-7,10-14,17,22H,8-9H2,1-3H3/t17-,22-,27-/m1/s1. The normalized spacial score (nSPS) is 23.2. The molecule has 0 radical (unpaired) electrons. The minimum absolute atomic E-state index is 0.0226. The topological polar surface area (TPSA) is 123 Å². The number of rotatable bonds is 4. The van der Waals surface area contributed by atoms with Gasteiger partial charge in [-0.15, -0.1) is 0 Å². The van der Waals surface area contributed by atoms with Crippen LogP contribution in [-0.2, 0) is 26.7 Å². The lowest BCUT2D eigenvalue weighted by atomic mass is 9.58. The number of fused-ring (bicyclic) bond motifs is 3. The molecule has 2 aliphatic carbocycles. The summed E-state index contributed by atoms with van der Waals surface area (Å²) in [5.41, 5.74) is 2.02. The maximum Gasteiger partial charge on any atom is 0.340 e. The van der Waals surface area contributed by atoms with E-state index in [-0.39, 0.29) is 39.8 Å². The van der Waals surface area contributed by atoms with Crippen LogP contribution in [0.2, 0.25) is 0 Å². The van der Waals surface area contributed by atoms with E-state index in [4.69, 9.17) is 9.17 Å². The number of Topliss-reactive ketones (excluding diaryl/α,β-unsaturated/α-hetero) is 1. The molecule has 2 aromatic heterocycles. The molecule has 8 nitrogen and oxygen atoms in total. The molecule has 1 aromatic carbocycles. The molecule has 5 rings (SSSR count). The summed E-state index contributed by atoms with van der Waals surface area (Å²) in [4.78, 5) is 26.2. The third kappa shape index (κ3) is 3.88. The fourth-order valence-electron chi connectivity index (χ4n) is 5.30. The van der Waals surface area contributed by atoms with Crippen molar-refractivity contribution in [3.63, 3.8) is 0 Å². The summed E-state index contributed by atoms with van der Waals surface area (Å²) in [7, 11) is -4.17. The van der Waals surface area contributed by atoms with Crippen LogP contribution >= 0.6 is 0 Å². The van der Waals surface area contributed by atoms with Crippen LogP contribution in [0.25, 0.3) is 11.4 Å². The molecule has 0 bridgehead atoms. The Labute approximate surface area is 209 Å². The maximum absolute atomic E-state index is 13.2. The van der Waals surface area contributed by atoms with Crippen LogP contribution in [0.15, 0.2) is 65.3 Å². The van der Waals surface area contributed by atoms with Crippen LogP contribution in [0.3, 0.4) is 0 Å². The van der Waals surface area contributed by atoms with E-state index < -0.39 is 15.5 Å². The van der Waals surface area contributed by atoms with E-state index in [1.807, 2.05) is 26.8 Å². The van der Waals surface area contributed by atoms with E-state index in [1.165, 1.54) is 12.1 Å². The third-order valence-corrected chi connectivity index (χ3v) is 8.47. The first-order valence-electron chi connectivity index (χ1n) is 11.6. The summed E-state index contributed by atoms with van der Waals surface area (Å²) in [6.07, 6.45) is 5.92. The molecular weight excluding hydrogens is 476 g/mol. The quantitative estimate of drug-likeness (QED) is 0.491. The zero-order valence-corrected chi connectivity index (χ0v) is 20.9. The SMILES string of the molecule is Cc1ccc(S(=O)(=O)Oc2nc(-c3ccncc3)nc3c2CC[C@@H]2[C@@H](C)C(=O)C(C#N)=C[C@@]32C)cc1. The number of benzene rings is 1. The molecule has 0 saturated carbocycles. The highest BCUT2D eigenvalue weighted by molar-refractivity contribution is 7.87. The van der Waals surface area contributed by atoms with Gasteiger partial charge in [-0.05, 0) is 49.9 Å². The molecule has 2 aliphatic rings. The van der Waals surface area contributed by atoms with E-state index in [0.29, 0.717) is 29.7 Å². The molecule has 0 unspecified atom stereocenters. The van der Waals surface area contributed by atoms with E-state index in [9.17, 15) is 18.5 Å². The van der Waals surface area contributed by atoms with Crippen LogP contribution in [0, 0.1) is 30.1 Å². The molecule has 0 fully saturated rings. The number of carbonyl (C=O) groups excluding carboxylic acids is 1. The predicted octanol–water partition coefficient (Wildman–Crippen LogP) is 4.10. The monoisotopic (exact) mass is 500 g/mol. The summed E-state index contributed by atoms with van der Waals surface area (Å²) in [5, 5.41) is 9.63. The average molecular weight is 501 g/mol. The van der Waals surface area contributed by atoms with Crippen molar-refractivity contribution in [1.29, 1.82) is 5.26 Å². The largest absolute Gasteiger partial charge is 0.358 e. The van der Waals surface area contributed by atoms with Crippen molar-refractivity contribution >= 4 is 15.9 Å². The van der Waals surface area contributed by atoms with Gasteiger partial charge in [0.25, 0.3) is 0 Å². The minimum atomic E-state index is -4.17. The summed E-state index contributed by atoms with van der Waals surface area (Å²) in [6, 6.07) is 11.9. The smallest absolute Gasteiger partial charge is 0.340 e. The van der Waals surface area contributed by atoms with Crippen molar-refractivity contribution < 1.29 is 17.4 Å². The summed E-state index contributed by atoms with van der Waals surface area (Å²) in [5.74, 6) is -0.406. The van der Waals surface area contributed by atoms with Crippen LogP contribution in [0.1, 0.15) is 37.1 Å². The number of nitrogens with zero attached hydrogens (tertiary/aromatic N) is 4. The Kier molecular flexibility index (Phi) is 5.72. The maximum atomic E-state index is 13.2. The number of hydrogen-bond donors (Lipinski definition) is 0. The van der Waals surface area contributed by atoms with Gasteiger partial charge in [-0.1, -0.05) is 37.6 Å². The van der Waals surface area contributed by atoms with Crippen molar-refractivity contribution in [2.45, 2.75) is 43.9 Å². The van der Waals surface area contributed by atoms with E-state index >= 15 is 0 Å². The average Bonchev–Trinajstić information content (AvgIpc) is 2.87. The molecule has 0 spiro atoms. The van der Waals surface area contributed by atoms with Gasteiger partial charge in [0.15, 0.2) is 11.6 Å². The molecule has 3 atom stereocenters. The molecule has 0 amide bonds. The molecule has 2 heterocycles. The second-order valence-corrected chi connectivity index (χ2v) is 11.1. The third-order valence-electron chi connectivity index (χ3n) is 7.24. The molecular formula is C27H24N4O4S. The highest BCUT2D eigenvalue weighted by Crippen LogP contribution is 2.51. The van der Waals surface area contributed by atoms with Crippen molar-refractivity contribution in [3.8, 4) is 23.3 Å². The van der Waals surface area contributed by atoms with Gasteiger partial charge in [-0.3, -0.25) is 9.78 Å². The molecule has 36 heavy (non-hydrogen) atoms. The first-order chi connectivity index (χ1) is 17.1. The zero-order valence-electron chi connectivity index (χ0n) is 20.1. The zero-order chi connectivity index (χ0) is 25.7. The number of nitriles is 1. The molecule has 0 aliphatic heterocycles. The van der Waals surface area contributed by atoms with Crippen LogP contribution in [0.5, 0.6) is 5.88 Å². The van der Waals surface area contributed by atoms with Crippen LogP contribution < -0.4 is 4.18 Å². The number of aromatic nitrogens is 3. The van der Waals surface area contributed by atoms with Gasteiger partial charge in [0.2, 0.25) is 5.88 Å². The molecule has 182 valence electrons. The van der Waals surface area contributed by atoms with Crippen molar-refractivity contribution in [2.24, 2.45) is 11.8 Å². The Morgan fingerprint density at radius 2 is 1.81 bits per heavy atom. The Morgan fingerprint density at radius 3 is 2.47 bits per heavy atom. The number of carbonyl (C=O) groups is 1. The lowest BCUT2D eigenvalue weighted by Crippen LogP contribution is -2.46. The Bertz CT molecular complexity index is 1540. The molecule has 9 heteroatoms. The Morgan fingerprint density at radius 1 is 1.11 bits per heavy atom. The number of allylic oxidation sites excluding steroid dienone is 2. The Hall–Kier alpha value is -3.90. The predicted molar refractivity (Wildman–Crippen MR) is 131 cm³/mol. The van der Waals surface area contributed by atoms with Gasteiger partial charge < -0.3 is 4.18 Å². The van der Waals surface area contributed by atoms with E-state index in [2.05, 4.69) is 9.97 Å². The highest BCUT2D eigenvalue weighted by atomic mass is 32.2. The summed E-state index contributed by atoms with van der Waals surface area (Å²) in [6.45, 7) is 5.65. The van der Waals surface area contributed by atoms with Crippen LogP contribution in [0.4, 0.5) is 0 Å². The number of hydrogen-bond acceptors (Lipinski definition) is 8. The fourth-order valence-corrected chi connectivity index (χ4v) is 6.21. The van der Waals surface area contributed by atoms with Gasteiger partial charge in [-0.2, -0.15) is 18.7 Å². The van der Waals surface area contributed by atoms with Crippen molar-refractivity contribution in [3.05, 3.63) is 77.3 Å². The van der Waals surface area contributed by atoms with Gasteiger partial charge in [0.05, 0.1) is 11.3 Å². The molecule has 3 aromatic rings. The van der Waals surface area contributed by atoms with Gasteiger partial charge >= 0.3 is 10.1 Å². The first kappa shape index (κ1) is 23.8.